The second-order valence-electron chi connectivity index (χ2n) is 4.22. The van der Waals surface area contributed by atoms with Crippen molar-refractivity contribution < 1.29 is 22.7 Å². The predicted octanol–water partition coefficient (Wildman–Crippen LogP) is 3.26. The van der Waals surface area contributed by atoms with Gasteiger partial charge in [0.2, 0.25) is 0 Å². The van der Waals surface area contributed by atoms with E-state index in [1.54, 1.807) is 17.5 Å². The van der Waals surface area contributed by atoms with Gasteiger partial charge in [-0.2, -0.15) is 13.2 Å². The smallest absolute Gasteiger partial charge is 0.392 e. The number of halogens is 3. The summed E-state index contributed by atoms with van der Waals surface area (Å²) < 4.78 is 42.6. The van der Waals surface area contributed by atoms with E-state index in [4.69, 9.17) is 4.74 Å². The number of nitrogens with zero attached hydrogens (tertiary/aromatic N) is 2. The number of carbonyl (C=O) groups is 1. The molecule has 2 aromatic heterocycles. The molecule has 0 fully saturated rings. The molecule has 0 aromatic carbocycles. The Hall–Kier alpha value is -2.05. The maximum atomic E-state index is 12.0. The van der Waals surface area contributed by atoms with Gasteiger partial charge >= 0.3 is 6.18 Å². The number of hydrogen-bond donors (Lipinski definition) is 0. The van der Waals surface area contributed by atoms with E-state index in [2.05, 4.69) is 4.98 Å². The van der Waals surface area contributed by atoms with Gasteiger partial charge in [-0.25, -0.2) is 4.98 Å². The van der Waals surface area contributed by atoms with Gasteiger partial charge in [0.05, 0.1) is 19.2 Å². The topological polar surface area (TPSA) is 43.6 Å². The summed E-state index contributed by atoms with van der Waals surface area (Å²) in [5.74, 6) is 0.242. The summed E-state index contributed by atoms with van der Waals surface area (Å²) in [6.07, 6.45) is -1.88. The molecule has 0 atom stereocenters. The highest BCUT2D eigenvalue weighted by Gasteiger charge is 2.26. The lowest BCUT2D eigenvalue weighted by Crippen LogP contribution is -2.13. The first-order valence-electron chi connectivity index (χ1n) is 6.10. The molecule has 0 saturated heterocycles. The molecule has 0 radical (unpaired) electrons. The van der Waals surface area contributed by atoms with Crippen molar-refractivity contribution in [2.45, 2.75) is 25.9 Å². The summed E-state index contributed by atoms with van der Waals surface area (Å²) in [7, 11) is 0. The molecule has 20 heavy (non-hydrogen) atoms. The standard InChI is InChI=1S/C13H13F3N2O2/c1-2-11(19)10-8-17-12-7-9(3-5-18(10)12)20-6-4-13(14,15)16/h3,5,7-8H,2,4,6H2,1H3. The van der Waals surface area contributed by atoms with E-state index in [0.717, 1.165) is 0 Å². The van der Waals surface area contributed by atoms with E-state index in [0.29, 0.717) is 23.5 Å². The number of imidazole rings is 1. The number of ether oxygens (including phenoxy) is 1. The van der Waals surface area contributed by atoms with Gasteiger partial charge in [0, 0.05) is 18.7 Å². The second-order valence-corrected chi connectivity index (χ2v) is 4.22. The van der Waals surface area contributed by atoms with E-state index in [-0.39, 0.29) is 5.78 Å². The molecule has 2 aromatic rings. The third-order valence-electron chi connectivity index (χ3n) is 2.75. The van der Waals surface area contributed by atoms with Crippen molar-refractivity contribution in [3.05, 3.63) is 30.2 Å². The number of alkyl halides is 3. The number of hydrogen-bond acceptors (Lipinski definition) is 3. The molecule has 108 valence electrons. The number of pyridine rings is 1. The van der Waals surface area contributed by atoms with E-state index >= 15 is 0 Å². The van der Waals surface area contributed by atoms with Gasteiger partial charge in [-0.3, -0.25) is 9.20 Å². The lowest BCUT2D eigenvalue weighted by Gasteiger charge is -2.09. The first kappa shape index (κ1) is 14.4. The van der Waals surface area contributed by atoms with Crippen molar-refractivity contribution in [2.24, 2.45) is 0 Å². The first-order valence-corrected chi connectivity index (χ1v) is 6.10. The maximum absolute atomic E-state index is 12.0. The largest absolute Gasteiger partial charge is 0.493 e. The van der Waals surface area contributed by atoms with Crippen molar-refractivity contribution in [1.29, 1.82) is 0 Å². The number of aromatic nitrogens is 2. The van der Waals surface area contributed by atoms with Gasteiger partial charge in [0.1, 0.15) is 17.1 Å². The summed E-state index contributed by atoms with van der Waals surface area (Å²) in [4.78, 5) is 15.7. The number of ketones is 1. The summed E-state index contributed by atoms with van der Waals surface area (Å²) in [5.41, 5.74) is 0.913. The van der Waals surface area contributed by atoms with Crippen LogP contribution in [0.25, 0.3) is 5.65 Å². The Morgan fingerprint density at radius 1 is 1.45 bits per heavy atom. The summed E-state index contributed by atoms with van der Waals surface area (Å²) >= 11 is 0. The Bertz CT molecular complexity index is 620. The van der Waals surface area contributed by atoms with Crippen LogP contribution in [0.3, 0.4) is 0 Å². The van der Waals surface area contributed by atoms with Gasteiger partial charge in [-0.15, -0.1) is 0 Å². The van der Waals surface area contributed by atoms with Crippen molar-refractivity contribution in [3.63, 3.8) is 0 Å². The van der Waals surface area contributed by atoms with Crippen LogP contribution in [-0.2, 0) is 0 Å². The molecule has 7 heteroatoms. The Balaban J connectivity index is 2.13. The van der Waals surface area contributed by atoms with Crippen molar-refractivity contribution in [2.75, 3.05) is 6.61 Å². The second kappa shape index (κ2) is 5.52. The highest BCUT2D eigenvalue weighted by Crippen LogP contribution is 2.21. The van der Waals surface area contributed by atoms with Crippen LogP contribution in [0, 0.1) is 0 Å². The van der Waals surface area contributed by atoms with Crippen LogP contribution in [-0.4, -0.2) is 28.0 Å². The fourth-order valence-corrected chi connectivity index (χ4v) is 1.72. The van der Waals surface area contributed by atoms with Crippen LogP contribution in [0.5, 0.6) is 5.75 Å². The van der Waals surface area contributed by atoms with Crippen LogP contribution in [0.15, 0.2) is 24.5 Å². The molecule has 0 saturated carbocycles. The molecule has 0 N–H and O–H groups in total. The highest BCUT2D eigenvalue weighted by molar-refractivity contribution is 5.94. The van der Waals surface area contributed by atoms with Crippen LogP contribution in [0.4, 0.5) is 13.2 Å². The van der Waals surface area contributed by atoms with Crippen molar-refractivity contribution in [1.82, 2.24) is 9.38 Å². The molecule has 0 spiro atoms. The molecular weight excluding hydrogens is 273 g/mol. The minimum absolute atomic E-state index is 0.0526. The molecule has 2 rings (SSSR count). The zero-order valence-electron chi connectivity index (χ0n) is 10.8. The lowest BCUT2D eigenvalue weighted by molar-refractivity contribution is -0.139. The van der Waals surface area contributed by atoms with Crippen molar-refractivity contribution >= 4 is 11.4 Å². The van der Waals surface area contributed by atoms with E-state index in [9.17, 15) is 18.0 Å². The third kappa shape index (κ3) is 3.28. The van der Waals surface area contributed by atoms with Crippen LogP contribution < -0.4 is 4.74 Å². The SMILES string of the molecule is CCC(=O)c1cnc2cc(OCCC(F)(F)F)ccn12. The minimum Gasteiger partial charge on any atom is -0.493 e. The van der Waals surface area contributed by atoms with Crippen LogP contribution >= 0.6 is 0 Å². The molecule has 0 aliphatic rings. The molecule has 4 nitrogen and oxygen atoms in total. The average Bonchev–Trinajstić information content (AvgIpc) is 2.79. The maximum Gasteiger partial charge on any atom is 0.392 e. The predicted molar refractivity (Wildman–Crippen MR) is 66.0 cm³/mol. The third-order valence-corrected chi connectivity index (χ3v) is 2.75. The Kier molecular flexibility index (Phi) is 3.96. The number of Topliss-reactive ketones (excluding diaryl/α,β-unsaturated/α-hetero) is 1. The lowest BCUT2D eigenvalue weighted by atomic mass is 10.2. The van der Waals surface area contributed by atoms with Crippen LogP contribution in [0.1, 0.15) is 30.3 Å². The summed E-state index contributed by atoms with van der Waals surface area (Å²) in [5, 5.41) is 0. The molecular formula is C13H13F3N2O2. The Morgan fingerprint density at radius 2 is 2.20 bits per heavy atom. The van der Waals surface area contributed by atoms with E-state index in [1.165, 1.54) is 18.3 Å². The minimum atomic E-state index is -4.24. The fraction of sp³-hybridized carbons (Fsp3) is 0.385. The van der Waals surface area contributed by atoms with Gasteiger partial charge in [0.25, 0.3) is 0 Å². The quantitative estimate of drug-likeness (QED) is 0.792. The van der Waals surface area contributed by atoms with Gasteiger partial charge in [-0.05, 0) is 6.07 Å². The van der Waals surface area contributed by atoms with Gasteiger partial charge < -0.3 is 4.74 Å². The number of fused-ring (bicyclic) bond motifs is 1. The molecule has 0 aliphatic carbocycles. The molecule has 0 unspecified atom stereocenters. The summed E-state index contributed by atoms with van der Waals surface area (Å²) in [6, 6.07) is 3.01. The first-order chi connectivity index (χ1) is 9.40. The highest BCUT2D eigenvalue weighted by atomic mass is 19.4. The molecule has 2 heterocycles. The summed E-state index contributed by atoms with van der Waals surface area (Å²) in [6.45, 7) is 1.30. The molecule has 0 aliphatic heterocycles. The van der Waals surface area contributed by atoms with E-state index in [1.807, 2.05) is 0 Å². The van der Waals surface area contributed by atoms with E-state index < -0.39 is 19.2 Å². The normalized spacial score (nSPS) is 11.8. The molecule has 0 amide bonds. The fourth-order valence-electron chi connectivity index (χ4n) is 1.72. The number of rotatable bonds is 5. The van der Waals surface area contributed by atoms with Crippen LogP contribution in [0.2, 0.25) is 0 Å². The zero-order chi connectivity index (χ0) is 14.8. The Morgan fingerprint density at radius 3 is 2.85 bits per heavy atom. The van der Waals surface area contributed by atoms with Gasteiger partial charge in [-0.1, -0.05) is 6.92 Å². The van der Waals surface area contributed by atoms with Gasteiger partial charge in [0.15, 0.2) is 5.78 Å². The zero-order valence-corrected chi connectivity index (χ0v) is 10.8. The average molecular weight is 286 g/mol. The monoisotopic (exact) mass is 286 g/mol. The number of carbonyl (C=O) groups excluding carboxylic acids is 1. The molecule has 0 bridgehead atoms. The van der Waals surface area contributed by atoms with Crippen molar-refractivity contribution in [3.8, 4) is 5.75 Å². The Labute approximate surface area is 113 Å².